The number of nitro groups is 1. The Hall–Kier alpha value is -3.81. The largest absolute Gasteiger partial charge is 0.508 e. The van der Waals surface area contributed by atoms with Crippen LogP contribution in [0.25, 0.3) is 0 Å². The van der Waals surface area contributed by atoms with Crippen molar-refractivity contribution < 1.29 is 52.3 Å². The highest BCUT2D eigenvalue weighted by atomic mass is 16.8. The predicted molar refractivity (Wildman–Crippen MR) is 151 cm³/mol. The number of carbonyl (C=O) groups is 1. The van der Waals surface area contributed by atoms with Crippen molar-refractivity contribution >= 4 is 11.8 Å². The molecule has 0 saturated carbocycles. The van der Waals surface area contributed by atoms with Gasteiger partial charge in [0.1, 0.15) is 18.1 Å². The molecule has 42 heavy (non-hydrogen) atoms. The van der Waals surface area contributed by atoms with E-state index in [2.05, 4.69) is 13.8 Å². The molecule has 0 aliphatic carbocycles. The van der Waals surface area contributed by atoms with Gasteiger partial charge >= 0.3 is 6.16 Å². The number of benzene rings is 2. The van der Waals surface area contributed by atoms with Gasteiger partial charge in [0, 0.05) is 26.4 Å². The molecule has 0 heterocycles. The van der Waals surface area contributed by atoms with E-state index < -0.39 is 30.1 Å². The molecule has 13 heteroatoms. The molecule has 0 bridgehead atoms. The lowest BCUT2D eigenvalue weighted by Crippen LogP contribution is -2.37. The van der Waals surface area contributed by atoms with Gasteiger partial charge in [-0.1, -0.05) is 13.8 Å². The van der Waals surface area contributed by atoms with Crippen molar-refractivity contribution in [3.63, 3.8) is 0 Å². The van der Waals surface area contributed by atoms with Crippen LogP contribution in [0.4, 0.5) is 10.5 Å². The molecule has 13 nitrogen and oxygen atoms in total. The third kappa shape index (κ3) is 8.37. The number of rotatable bonds is 17. The summed E-state index contributed by atoms with van der Waals surface area (Å²) in [5, 5.41) is 11.6. The minimum Gasteiger partial charge on any atom is -0.496 e. The van der Waals surface area contributed by atoms with Gasteiger partial charge in [0.05, 0.1) is 56.7 Å². The minimum absolute atomic E-state index is 0.0779. The summed E-state index contributed by atoms with van der Waals surface area (Å²) in [6.07, 6.45) is -0.551. The van der Waals surface area contributed by atoms with Crippen molar-refractivity contribution in [1.82, 2.24) is 0 Å². The van der Waals surface area contributed by atoms with Gasteiger partial charge in [0.15, 0.2) is 18.1 Å². The SMILES string of the molecule is COc1cc(COC(=O)OCC(OC)(OC)c2cc(OC)c(C(C)OCCC(C)C)c(OC)c2)c([N+](=O)[O-])cc1OC. The lowest BCUT2D eigenvalue weighted by Gasteiger charge is -2.32. The second-order valence-corrected chi connectivity index (χ2v) is 9.57. The van der Waals surface area contributed by atoms with E-state index in [1.54, 1.807) is 12.1 Å². The van der Waals surface area contributed by atoms with Crippen LogP contribution >= 0.6 is 0 Å². The zero-order chi connectivity index (χ0) is 31.4. The molecule has 0 spiro atoms. The third-order valence-corrected chi connectivity index (χ3v) is 6.62. The van der Waals surface area contributed by atoms with E-state index in [1.165, 1.54) is 54.8 Å². The zero-order valence-electron chi connectivity index (χ0n) is 25.6. The molecule has 2 rings (SSSR count). The number of hydrogen-bond donors (Lipinski definition) is 0. The number of hydrogen-bond acceptors (Lipinski definition) is 12. The van der Waals surface area contributed by atoms with Gasteiger partial charge < -0.3 is 42.6 Å². The average Bonchev–Trinajstić information content (AvgIpc) is 2.99. The standard InChI is InChI=1S/C29H41NO12/c1-18(2)10-11-40-19(3)27-25(36-6)13-21(14-26(27)37-7)29(38-8,39-9)17-42-28(31)41-16-20-12-23(34-4)24(35-5)15-22(20)30(32)33/h12-15,18-19H,10-11,16-17H2,1-9H3. The molecule has 0 aromatic heterocycles. The van der Waals surface area contributed by atoms with E-state index in [1.807, 2.05) is 6.92 Å². The van der Waals surface area contributed by atoms with Crippen LogP contribution in [0, 0.1) is 16.0 Å². The van der Waals surface area contributed by atoms with Gasteiger partial charge in [0.2, 0.25) is 5.79 Å². The van der Waals surface area contributed by atoms with Gasteiger partial charge in [-0.05, 0) is 37.5 Å². The van der Waals surface area contributed by atoms with Gasteiger partial charge in [-0.3, -0.25) is 10.1 Å². The maximum absolute atomic E-state index is 12.6. The van der Waals surface area contributed by atoms with Crippen molar-refractivity contribution in [2.24, 2.45) is 5.92 Å². The highest BCUT2D eigenvalue weighted by Crippen LogP contribution is 2.41. The van der Waals surface area contributed by atoms with Crippen LogP contribution < -0.4 is 18.9 Å². The van der Waals surface area contributed by atoms with E-state index in [-0.39, 0.29) is 28.9 Å². The Morgan fingerprint density at radius 3 is 1.86 bits per heavy atom. The van der Waals surface area contributed by atoms with Crippen molar-refractivity contribution in [1.29, 1.82) is 0 Å². The van der Waals surface area contributed by atoms with Crippen LogP contribution in [0.1, 0.15) is 50.0 Å². The van der Waals surface area contributed by atoms with E-state index >= 15 is 0 Å². The van der Waals surface area contributed by atoms with Crippen LogP contribution in [0.2, 0.25) is 0 Å². The van der Waals surface area contributed by atoms with Crippen LogP contribution in [0.3, 0.4) is 0 Å². The zero-order valence-corrected chi connectivity index (χ0v) is 25.6. The quantitative estimate of drug-likeness (QED) is 0.0978. The number of ether oxygens (including phenoxy) is 9. The first kappa shape index (κ1) is 34.4. The summed E-state index contributed by atoms with van der Waals surface area (Å²) in [7, 11) is 8.55. The molecule has 2 aromatic rings. The summed E-state index contributed by atoms with van der Waals surface area (Å²) in [6.45, 7) is 5.82. The van der Waals surface area contributed by atoms with Gasteiger partial charge in [0.25, 0.3) is 5.69 Å². The topological polar surface area (TPSA) is 143 Å². The molecular weight excluding hydrogens is 554 g/mol. The summed E-state index contributed by atoms with van der Waals surface area (Å²) in [6, 6.07) is 5.92. The summed E-state index contributed by atoms with van der Waals surface area (Å²) >= 11 is 0. The Morgan fingerprint density at radius 2 is 1.38 bits per heavy atom. The van der Waals surface area contributed by atoms with Gasteiger partial charge in [-0.25, -0.2) is 4.79 Å². The number of nitro benzene ring substituents is 1. The van der Waals surface area contributed by atoms with Gasteiger partial charge in [-0.15, -0.1) is 0 Å². The number of carbonyl (C=O) groups excluding carboxylic acids is 1. The Kier molecular flexibility index (Phi) is 13.1. The highest BCUT2D eigenvalue weighted by molar-refractivity contribution is 5.61. The fourth-order valence-electron chi connectivity index (χ4n) is 4.17. The molecule has 0 radical (unpaired) electrons. The third-order valence-electron chi connectivity index (χ3n) is 6.62. The Labute approximate surface area is 246 Å². The fourth-order valence-corrected chi connectivity index (χ4v) is 4.17. The molecule has 0 amide bonds. The summed E-state index contributed by atoms with van der Waals surface area (Å²) in [5.41, 5.74) is 0.896. The minimum atomic E-state index is -1.57. The average molecular weight is 596 g/mol. The second kappa shape index (κ2) is 16.0. The first-order valence-electron chi connectivity index (χ1n) is 13.2. The highest BCUT2D eigenvalue weighted by Gasteiger charge is 2.37. The molecular formula is C29H41NO12. The molecule has 0 aliphatic rings. The first-order valence-corrected chi connectivity index (χ1v) is 13.2. The molecule has 1 atom stereocenters. The van der Waals surface area contributed by atoms with Crippen LogP contribution in [0.15, 0.2) is 24.3 Å². The van der Waals surface area contributed by atoms with Crippen LogP contribution in [0.5, 0.6) is 23.0 Å². The summed E-state index contributed by atoms with van der Waals surface area (Å²) in [5.74, 6) is 0.238. The van der Waals surface area contributed by atoms with Crippen molar-refractivity contribution in [3.05, 3.63) is 51.1 Å². The molecule has 1 unspecified atom stereocenters. The normalized spacial score (nSPS) is 12.0. The monoisotopic (exact) mass is 595 g/mol. The Morgan fingerprint density at radius 1 is 0.833 bits per heavy atom. The van der Waals surface area contributed by atoms with Crippen molar-refractivity contribution in [2.75, 3.05) is 55.9 Å². The van der Waals surface area contributed by atoms with Crippen LogP contribution in [-0.4, -0.2) is 67.0 Å². The van der Waals surface area contributed by atoms with Gasteiger partial charge in [-0.2, -0.15) is 0 Å². The molecule has 0 fully saturated rings. The maximum atomic E-state index is 12.6. The molecule has 0 aliphatic heterocycles. The smallest absolute Gasteiger partial charge is 0.496 e. The maximum Gasteiger partial charge on any atom is 0.508 e. The Balaban J connectivity index is 2.26. The predicted octanol–water partition coefficient (Wildman–Crippen LogP) is 5.55. The van der Waals surface area contributed by atoms with E-state index in [0.29, 0.717) is 35.2 Å². The second-order valence-electron chi connectivity index (χ2n) is 9.57. The summed E-state index contributed by atoms with van der Waals surface area (Å²) in [4.78, 5) is 23.5. The van der Waals surface area contributed by atoms with Crippen molar-refractivity contribution in [2.45, 2.75) is 45.7 Å². The molecule has 234 valence electrons. The Bertz CT molecular complexity index is 1170. The van der Waals surface area contributed by atoms with Crippen molar-refractivity contribution in [3.8, 4) is 23.0 Å². The molecule has 0 N–H and O–H groups in total. The number of methoxy groups -OCH3 is 6. The van der Waals surface area contributed by atoms with E-state index in [9.17, 15) is 14.9 Å². The lowest BCUT2D eigenvalue weighted by atomic mass is 9.99. The van der Waals surface area contributed by atoms with E-state index in [4.69, 9.17) is 42.6 Å². The fraction of sp³-hybridized carbons (Fsp3) is 0.552. The lowest BCUT2D eigenvalue weighted by molar-refractivity contribution is -0.385. The molecule has 2 aromatic carbocycles. The van der Waals surface area contributed by atoms with Crippen LogP contribution in [-0.2, 0) is 36.1 Å². The molecule has 0 saturated heterocycles. The summed E-state index contributed by atoms with van der Waals surface area (Å²) < 4.78 is 49.5. The first-order chi connectivity index (χ1) is 20.0. The van der Waals surface area contributed by atoms with E-state index in [0.717, 1.165) is 6.42 Å². The number of nitrogens with zero attached hydrogens (tertiary/aromatic N) is 1.